The molecule has 1 N–H and O–H groups in total. The Labute approximate surface area is 92.1 Å². The molecule has 0 aromatic carbocycles. The standard InChI is InChI=1S/C12H22O3/c1-5-7-10(13)8-9-12(3,4)11(14)15-6-2/h5,10,13H,1,6-9H2,2-4H3/t10-/m0/s1. The van der Waals surface area contributed by atoms with E-state index < -0.39 is 11.5 Å². The van der Waals surface area contributed by atoms with Crippen molar-refractivity contribution in [2.24, 2.45) is 5.41 Å². The van der Waals surface area contributed by atoms with Crippen molar-refractivity contribution in [3.8, 4) is 0 Å². The van der Waals surface area contributed by atoms with Crippen LogP contribution in [-0.2, 0) is 9.53 Å². The summed E-state index contributed by atoms with van der Waals surface area (Å²) in [5.74, 6) is -0.198. The highest BCUT2D eigenvalue weighted by atomic mass is 16.5. The third-order valence-electron chi connectivity index (χ3n) is 2.37. The van der Waals surface area contributed by atoms with Crippen LogP contribution in [0, 0.1) is 5.41 Å². The molecule has 0 aliphatic carbocycles. The monoisotopic (exact) mass is 214 g/mol. The van der Waals surface area contributed by atoms with Crippen molar-refractivity contribution in [2.45, 2.75) is 46.1 Å². The van der Waals surface area contributed by atoms with E-state index in [1.165, 1.54) is 0 Å². The molecule has 88 valence electrons. The van der Waals surface area contributed by atoms with Gasteiger partial charge in [0.05, 0.1) is 18.1 Å². The van der Waals surface area contributed by atoms with E-state index in [0.717, 1.165) is 0 Å². The van der Waals surface area contributed by atoms with Crippen LogP contribution < -0.4 is 0 Å². The van der Waals surface area contributed by atoms with Crippen LogP contribution in [0.2, 0.25) is 0 Å². The van der Waals surface area contributed by atoms with Crippen LogP contribution >= 0.6 is 0 Å². The number of aliphatic hydroxyl groups is 1. The second-order valence-electron chi connectivity index (χ2n) is 4.32. The van der Waals surface area contributed by atoms with E-state index in [1.807, 2.05) is 13.8 Å². The maximum Gasteiger partial charge on any atom is 0.311 e. The minimum absolute atomic E-state index is 0.198. The van der Waals surface area contributed by atoms with E-state index in [9.17, 15) is 9.90 Å². The fourth-order valence-corrected chi connectivity index (χ4v) is 1.27. The highest BCUT2D eigenvalue weighted by Crippen LogP contribution is 2.25. The molecule has 0 radical (unpaired) electrons. The zero-order valence-corrected chi connectivity index (χ0v) is 9.95. The van der Waals surface area contributed by atoms with Gasteiger partial charge in [0, 0.05) is 0 Å². The smallest absolute Gasteiger partial charge is 0.311 e. The van der Waals surface area contributed by atoms with Crippen LogP contribution in [0.4, 0.5) is 0 Å². The van der Waals surface area contributed by atoms with Crippen molar-refractivity contribution in [3.63, 3.8) is 0 Å². The maximum absolute atomic E-state index is 11.5. The largest absolute Gasteiger partial charge is 0.466 e. The molecule has 3 nitrogen and oxygen atoms in total. The number of ether oxygens (including phenoxy) is 1. The minimum atomic E-state index is -0.516. The lowest BCUT2D eigenvalue weighted by molar-refractivity contribution is -0.154. The first-order valence-electron chi connectivity index (χ1n) is 5.40. The van der Waals surface area contributed by atoms with Crippen molar-refractivity contribution in [3.05, 3.63) is 12.7 Å². The summed E-state index contributed by atoms with van der Waals surface area (Å²) in [6, 6.07) is 0. The lowest BCUT2D eigenvalue weighted by Crippen LogP contribution is -2.28. The van der Waals surface area contributed by atoms with Crippen molar-refractivity contribution < 1.29 is 14.6 Å². The highest BCUT2D eigenvalue weighted by molar-refractivity contribution is 5.75. The SMILES string of the molecule is C=CC[C@H](O)CCC(C)(C)C(=O)OCC. The molecule has 0 spiro atoms. The molecule has 0 heterocycles. The summed E-state index contributed by atoms with van der Waals surface area (Å²) in [7, 11) is 0. The summed E-state index contributed by atoms with van der Waals surface area (Å²) in [5, 5.41) is 9.50. The normalized spacial score (nSPS) is 13.3. The lowest BCUT2D eigenvalue weighted by atomic mass is 9.86. The fourth-order valence-electron chi connectivity index (χ4n) is 1.27. The topological polar surface area (TPSA) is 46.5 Å². The van der Waals surface area contributed by atoms with E-state index in [-0.39, 0.29) is 5.97 Å². The second kappa shape index (κ2) is 6.62. The number of aliphatic hydroxyl groups excluding tert-OH is 1. The molecule has 0 rings (SSSR count). The Kier molecular flexibility index (Phi) is 6.25. The average molecular weight is 214 g/mol. The molecule has 0 aliphatic rings. The van der Waals surface area contributed by atoms with Gasteiger partial charge in [0.25, 0.3) is 0 Å². The zero-order valence-electron chi connectivity index (χ0n) is 9.95. The number of esters is 1. The van der Waals surface area contributed by atoms with Gasteiger partial charge in [-0.15, -0.1) is 6.58 Å². The molecule has 0 amide bonds. The first-order valence-corrected chi connectivity index (χ1v) is 5.40. The van der Waals surface area contributed by atoms with Crippen LogP contribution in [0.3, 0.4) is 0 Å². The molecule has 0 saturated heterocycles. The summed E-state index contributed by atoms with van der Waals surface area (Å²) < 4.78 is 4.96. The zero-order chi connectivity index (χ0) is 11.9. The van der Waals surface area contributed by atoms with Gasteiger partial charge >= 0.3 is 5.97 Å². The Morgan fingerprint density at radius 3 is 2.67 bits per heavy atom. The number of rotatable bonds is 7. The Morgan fingerprint density at radius 1 is 1.60 bits per heavy atom. The summed E-state index contributed by atoms with van der Waals surface area (Å²) in [5.41, 5.74) is -0.516. The average Bonchev–Trinajstić information content (AvgIpc) is 2.16. The quantitative estimate of drug-likeness (QED) is 0.522. The van der Waals surface area contributed by atoms with Gasteiger partial charge in [-0.3, -0.25) is 4.79 Å². The molecule has 1 atom stereocenters. The summed E-state index contributed by atoms with van der Waals surface area (Å²) in [4.78, 5) is 11.5. The van der Waals surface area contributed by atoms with Crippen molar-refractivity contribution in [1.82, 2.24) is 0 Å². The molecule has 0 unspecified atom stereocenters. The van der Waals surface area contributed by atoms with Gasteiger partial charge in [0.2, 0.25) is 0 Å². The molecule has 0 saturated carbocycles. The van der Waals surface area contributed by atoms with Crippen LogP contribution in [0.5, 0.6) is 0 Å². The van der Waals surface area contributed by atoms with Crippen LogP contribution in [0.25, 0.3) is 0 Å². The lowest BCUT2D eigenvalue weighted by Gasteiger charge is -2.23. The maximum atomic E-state index is 11.5. The second-order valence-corrected chi connectivity index (χ2v) is 4.32. The molecule has 15 heavy (non-hydrogen) atoms. The predicted octanol–water partition coefficient (Wildman–Crippen LogP) is 2.29. The molecule has 0 fully saturated rings. The van der Waals surface area contributed by atoms with Gasteiger partial charge in [-0.25, -0.2) is 0 Å². The Balaban J connectivity index is 4.02. The van der Waals surface area contributed by atoms with Crippen LogP contribution in [-0.4, -0.2) is 23.8 Å². The van der Waals surface area contributed by atoms with E-state index in [0.29, 0.717) is 25.9 Å². The first-order chi connectivity index (χ1) is 6.94. The third kappa shape index (κ3) is 5.57. The van der Waals surface area contributed by atoms with Gasteiger partial charge in [-0.05, 0) is 40.0 Å². The van der Waals surface area contributed by atoms with E-state index in [2.05, 4.69) is 6.58 Å². The van der Waals surface area contributed by atoms with Gasteiger partial charge < -0.3 is 9.84 Å². The first kappa shape index (κ1) is 14.2. The Morgan fingerprint density at radius 2 is 2.20 bits per heavy atom. The molecule has 0 aromatic heterocycles. The minimum Gasteiger partial charge on any atom is -0.466 e. The number of hydrogen-bond acceptors (Lipinski definition) is 3. The third-order valence-corrected chi connectivity index (χ3v) is 2.37. The fraction of sp³-hybridized carbons (Fsp3) is 0.750. The number of carbonyl (C=O) groups is 1. The number of hydrogen-bond donors (Lipinski definition) is 1. The van der Waals surface area contributed by atoms with E-state index in [1.54, 1.807) is 13.0 Å². The Hall–Kier alpha value is -0.830. The Bertz CT molecular complexity index is 209. The van der Waals surface area contributed by atoms with Gasteiger partial charge in [0.15, 0.2) is 0 Å². The molecule has 3 heteroatoms. The predicted molar refractivity (Wildman–Crippen MR) is 60.5 cm³/mol. The van der Waals surface area contributed by atoms with Gasteiger partial charge in [-0.1, -0.05) is 6.08 Å². The highest BCUT2D eigenvalue weighted by Gasteiger charge is 2.29. The molecule has 0 bridgehead atoms. The molecule has 0 aliphatic heterocycles. The molecular weight excluding hydrogens is 192 g/mol. The van der Waals surface area contributed by atoms with Crippen molar-refractivity contribution in [1.29, 1.82) is 0 Å². The summed E-state index contributed by atoms with van der Waals surface area (Å²) >= 11 is 0. The van der Waals surface area contributed by atoms with E-state index in [4.69, 9.17) is 4.74 Å². The van der Waals surface area contributed by atoms with E-state index >= 15 is 0 Å². The van der Waals surface area contributed by atoms with Crippen LogP contribution in [0.15, 0.2) is 12.7 Å². The van der Waals surface area contributed by atoms with Crippen LogP contribution in [0.1, 0.15) is 40.0 Å². The molecule has 0 aromatic rings. The summed E-state index contributed by atoms with van der Waals surface area (Å²) in [6.07, 6.45) is 3.07. The molecular formula is C12H22O3. The summed E-state index contributed by atoms with van der Waals surface area (Å²) in [6.45, 7) is 9.43. The van der Waals surface area contributed by atoms with Gasteiger partial charge in [0.1, 0.15) is 0 Å². The van der Waals surface area contributed by atoms with Crippen molar-refractivity contribution in [2.75, 3.05) is 6.61 Å². The van der Waals surface area contributed by atoms with Gasteiger partial charge in [-0.2, -0.15) is 0 Å². The van der Waals surface area contributed by atoms with Crippen molar-refractivity contribution >= 4 is 5.97 Å². The number of carbonyl (C=O) groups excluding carboxylic acids is 1.